The molecule has 8 heteroatoms. The van der Waals surface area contributed by atoms with E-state index < -0.39 is 22.4 Å². The minimum absolute atomic E-state index is 0.0887. The van der Waals surface area contributed by atoms with Crippen LogP contribution in [0.2, 0.25) is 0 Å². The molecule has 2 N–H and O–H groups in total. The molecular formula is C17H24FN3O4. The lowest BCUT2D eigenvalue weighted by Gasteiger charge is -2.31. The molecule has 0 heterocycles. The van der Waals surface area contributed by atoms with Crippen molar-refractivity contribution in [3.8, 4) is 0 Å². The first-order valence-corrected chi connectivity index (χ1v) is 8.34. The van der Waals surface area contributed by atoms with Crippen LogP contribution in [0.15, 0.2) is 18.2 Å². The molecule has 2 unspecified atom stereocenters. The van der Waals surface area contributed by atoms with Gasteiger partial charge in [0.1, 0.15) is 17.1 Å². The number of hydrogen-bond acceptors (Lipinski definition) is 5. The predicted octanol–water partition coefficient (Wildman–Crippen LogP) is 3.98. The number of halogens is 1. The fraction of sp³-hybridized carbons (Fsp3) is 0.588. The molecule has 0 spiro atoms. The first-order chi connectivity index (χ1) is 11.6. The van der Waals surface area contributed by atoms with Gasteiger partial charge in [-0.15, -0.1) is 0 Å². The van der Waals surface area contributed by atoms with Gasteiger partial charge in [0.05, 0.1) is 4.92 Å². The van der Waals surface area contributed by atoms with Crippen molar-refractivity contribution in [2.24, 2.45) is 0 Å². The molecule has 0 radical (unpaired) electrons. The van der Waals surface area contributed by atoms with Gasteiger partial charge in [-0.2, -0.15) is 0 Å². The van der Waals surface area contributed by atoms with Gasteiger partial charge < -0.3 is 15.4 Å². The number of benzene rings is 1. The summed E-state index contributed by atoms with van der Waals surface area (Å²) in [6.45, 7) is 5.38. The Labute approximate surface area is 146 Å². The molecule has 1 saturated carbocycles. The van der Waals surface area contributed by atoms with Crippen molar-refractivity contribution in [1.29, 1.82) is 0 Å². The van der Waals surface area contributed by atoms with E-state index in [0.29, 0.717) is 6.42 Å². The fourth-order valence-corrected chi connectivity index (χ4v) is 2.93. The molecule has 1 aliphatic rings. The molecule has 0 aliphatic heterocycles. The summed E-state index contributed by atoms with van der Waals surface area (Å²) in [5.74, 6) is -0.535. The van der Waals surface area contributed by atoms with Crippen molar-refractivity contribution < 1.29 is 18.8 Å². The van der Waals surface area contributed by atoms with Gasteiger partial charge in [-0.05, 0) is 52.5 Å². The van der Waals surface area contributed by atoms with Crippen molar-refractivity contribution in [1.82, 2.24) is 5.32 Å². The number of ether oxygens (including phenoxy) is 1. The average molecular weight is 353 g/mol. The number of hydrogen-bond donors (Lipinski definition) is 2. The molecule has 25 heavy (non-hydrogen) atoms. The van der Waals surface area contributed by atoms with Crippen LogP contribution >= 0.6 is 0 Å². The molecule has 1 aliphatic carbocycles. The second-order valence-electron chi connectivity index (χ2n) is 7.27. The van der Waals surface area contributed by atoms with E-state index in [1.54, 1.807) is 20.8 Å². The number of nitro benzene ring substituents is 1. The van der Waals surface area contributed by atoms with Crippen LogP contribution in [0.3, 0.4) is 0 Å². The van der Waals surface area contributed by atoms with Crippen LogP contribution in [0.4, 0.5) is 20.6 Å². The number of carbonyl (C=O) groups excluding carboxylic acids is 1. The summed E-state index contributed by atoms with van der Waals surface area (Å²) < 4.78 is 18.7. The summed E-state index contributed by atoms with van der Waals surface area (Å²) in [7, 11) is 0. The Hall–Kier alpha value is -2.38. The first-order valence-electron chi connectivity index (χ1n) is 8.34. The third-order valence-corrected chi connectivity index (χ3v) is 3.91. The molecule has 0 saturated heterocycles. The lowest BCUT2D eigenvalue weighted by Crippen LogP contribution is -2.43. The highest BCUT2D eigenvalue weighted by molar-refractivity contribution is 5.68. The van der Waals surface area contributed by atoms with E-state index in [1.165, 1.54) is 0 Å². The zero-order chi connectivity index (χ0) is 18.6. The molecule has 2 rings (SSSR count). The number of anilines is 1. The zero-order valence-corrected chi connectivity index (χ0v) is 14.7. The van der Waals surface area contributed by atoms with Gasteiger partial charge >= 0.3 is 6.09 Å². The minimum Gasteiger partial charge on any atom is -0.444 e. The van der Waals surface area contributed by atoms with Gasteiger partial charge in [0.2, 0.25) is 0 Å². The Morgan fingerprint density at radius 2 is 2.00 bits per heavy atom. The number of carbonyl (C=O) groups is 1. The Balaban J connectivity index is 1.99. The SMILES string of the molecule is CC(C)(C)OC(=O)NC1CCCC(Nc2cc(F)ccc2[N+](=O)[O-])C1. The summed E-state index contributed by atoms with van der Waals surface area (Å²) in [5, 5.41) is 17.0. The molecule has 138 valence electrons. The Kier molecular flexibility index (Phi) is 5.81. The zero-order valence-electron chi connectivity index (χ0n) is 14.7. The number of amides is 1. The number of nitrogens with zero attached hydrogens (tertiary/aromatic N) is 1. The van der Waals surface area contributed by atoms with Crippen LogP contribution in [0.1, 0.15) is 46.5 Å². The molecule has 1 aromatic carbocycles. The van der Waals surface area contributed by atoms with Crippen molar-refractivity contribution in [3.63, 3.8) is 0 Å². The van der Waals surface area contributed by atoms with Crippen LogP contribution in [-0.4, -0.2) is 28.7 Å². The van der Waals surface area contributed by atoms with Gasteiger partial charge in [-0.3, -0.25) is 10.1 Å². The maximum atomic E-state index is 13.4. The fourth-order valence-electron chi connectivity index (χ4n) is 2.93. The van der Waals surface area contributed by atoms with Gasteiger partial charge in [0.15, 0.2) is 0 Å². The summed E-state index contributed by atoms with van der Waals surface area (Å²) in [6, 6.07) is 3.17. The number of alkyl carbamates (subject to hydrolysis) is 1. The van der Waals surface area contributed by atoms with E-state index in [-0.39, 0.29) is 23.5 Å². The van der Waals surface area contributed by atoms with Gasteiger partial charge in [0.25, 0.3) is 5.69 Å². The van der Waals surface area contributed by atoms with E-state index in [0.717, 1.165) is 37.5 Å². The summed E-state index contributed by atoms with van der Waals surface area (Å²) >= 11 is 0. The third kappa shape index (κ3) is 5.88. The molecule has 1 aromatic rings. The van der Waals surface area contributed by atoms with Crippen LogP contribution in [0.25, 0.3) is 0 Å². The standard InChI is InChI=1S/C17H24FN3O4/c1-17(2,3)25-16(22)20-13-6-4-5-12(10-13)19-14-9-11(18)7-8-15(14)21(23)24/h7-9,12-13,19H,4-6,10H2,1-3H3,(H,20,22). The van der Waals surface area contributed by atoms with E-state index in [9.17, 15) is 19.3 Å². The smallest absolute Gasteiger partial charge is 0.407 e. The van der Waals surface area contributed by atoms with Crippen LogP contribution in [0, 0.1) is 15.9 Å². The van der Waals surface area contributed by atoms with Gasteiger partial charge in [0, 0.05) is 24.2 Å². The maximum Gasteiger partial charge on any atom is 0.407 e. The lowest BCUT2D eigenvalue weighted by atomic mass is 9.91. The van der Waals surface area contributed by atoms with Crippen molar-refractivity contribution in [3.05, 3.63) is 34.1 Å². The van der Waals surface area contributed by atoms with Crippen LogP contribution < -0.4 is 10.6 Å². The number of rotatable bonds is 4. The van der Waals surface area contributed by atoms with Crippen molar-refractivity contribution in [2.45, 2.75) is 64.1 Å². The summed E-state index contributed by atoms with van der Waals surface area (Å²) in [5.41, 5.74) is -0.574. The summed E-state index contributed by atoms with van der Waals surface area (Å²) in [6.07, 6.45) is 2.56. The Bertz CT molecular complexity index is 645. The van der Waals surface area contributed by atoms with Crippen molar-refractivity contribution in [2.75, 3.05) is 5.32 Å². The molecule has 2 atom stereocenters. The van der Waals surface area contributed by atoms with Crippen LogP contribution in [-0.2, 0) is 4.74 Å². The molecule has 0 bridgehead atoms. The van der Waals surface area contributed by atoms with Crippen LogP contribution in [0.5, 0.6) is 0 Å². The average Bonchev–Trinajstić information content (AvgIpc) is 2.45. The molecule has 1 amide bonds. The Morgan fingerprint density at radius 1 is 1.32 bits per heavy atom. The van der Waals surface area contributed by atoms with E-state index in [1.807, 2.05) is 0 Å². The van der Waals surface area contributed by atoms with E-state index >= 15 is 0 Å². The lowest BCUT2D eigenvalue weighted by molar-refractivity contribution is -0.384. The van der Waals surface area contributed by atoms with Gasteiger partial charge in [-0.1, -0.05) is 0 Å². The topological polar surface area (TPSA) is 93.5 Å². The van der Waals surface area contributed by atoms with Gasteiger partial charge in [-0.25, -0.2) is 9.18 Å². The predicted molar refractivity (Wildman–Crippen MR) is 92.1 cm³/mol. The highest BCUT2D eigenvalue weighted by atomic mass is 19.1. The third-order valence-electron chi connectivity index (χ3n) is 3.91. The number of nitrogens with one attached hydrogen (secondary N) is 2. The Morgan fingerprint density at radius 3 is 2.64 bits per heavy atom. The minimum atomic E-state index is -0.571. The quantitative estimate of drug-likeness (QED) is 0.631. The van der Waals surface area contributed by atoms with E-state index in [4.69, 9.17) is 4.74 Å². The highest BCUT2D eigenvalue weighted by Gasteiger charge is 2.27. The molecule has 1 fully saturated rings. The van der Waals surface area contributed by atoms with Crippen molar-refractivity contribution >= 4 is 17.5 Å². The highest BCUT2D eigenvalue weighted by Crippen LogP contribution is 2.29. The second-order valence-corrected chi connectivity index (χ2v) is 7.27. The number of nitro groups is 1. The maximum absolute atomic E-state index is 13.4. The molecular weight excluding hydrogens is 329 g/mol. The van der Waals surface area contributed by atoms with E-state index in [2.05, 4.69) is 10.6 Å². The second kappa shape index (κ2) is 7.67. The first kappa shape index (κ1) is 19.0. The summed E-state index contributed by atoms with van der Waals surface area (Å²) in [4.78, 5) is 22.4. The monoisotopic (exact) mass is 353 g/mol. The largest absolute Gasteiger partial charge is 0.444 e. The normalized spacial score (nSPS) is 20.6. The molecule has 7 nitrogen and oxygen atoms in total. The molecule has 0 aromatic heterocycles.